The fraction of sp³-hybridized carbons (Fsp3) is 0.613. The van der Waals surface area contributed by atoms with Crippen LogP contribution in [0.3, 0.4) is 0 Å². The molecule has 1 nitrogen and oxygen atoms in total. The molecule has 0 radical (unpaired) electrons. The molecule has 196 valence electrons. The van der Waals surface area contributed by atoms with Crippen LogP contribution < -0.4 is 0 Å². The lowest BCUT2D eigenvalue weighted by Gasteiger charge is -2.32. The van der Waals surface area contributed by atoms with Gasteiger partial charge in [-0.25, -0.2) is 17.6 Å². The number of halogens is 4. The molecule has 4 atom stereocenters. The lowest BCUT2D eigenvalue weighted by atomic mass is 9.74. The number of ether oxygens (including phenoxy) is 1. The minimum absolute atomic E-state index is 0.144. The molecule has 0 aromatic heterocycles. The highest BCUT2D eigenvalue weighted by Gasteiger charge is 2.39. The number of hydrogen-bond donors (Lipinski definition) is 0. The molecule has 4 aliphatic carbocycles. The topological polar surface area (TPSA) is 12.5 Å². The van der Waals surface area contributed by atoms with E-state index in [-0.39, 0.29) is 17.9 Å². The van der Waals surface area contributed by atoms with Crippen molar-refractivity contribution < 1.29 is 22.3 Å². The molecule has 2 fully saturated rings. The van der Waals surface area contributed by atoms with Crippen molar-refractivity contribution in [3.05, 3.63) is 70.4 Å². The zero-order chi connectivity index (χ0) is 25.2. The van der Waals surface area contributed by atoms with Crippen LogP contribution in [0.25, 0.3) is 0 Å². The van der Waals surface area contributed by atoms with E-state index in [1.807, 2.05) is 30.4 Å². The zero-order valence-electron chi connectivity index (χ0n) is 21.3. The van der Waals surface area contributed by atoms with E-state index in [1.54, 1.807) is 0 Å². The first-order chi connectivity index (χ1) is 17.5. The summed E-state index contributed by atoms with van der Waals surface area (Å²) in [5.74, 6) is -2.61. The van der Waals surface area contributed by atoms with Crippen molar-refractivity contribution in [2.75, 3.05) is 6.61 Å². The van der Waals surface area contributed by atoms with Crippen molar-refractivity contribution in [2.24, 2.45) is 29.6 Å². The van der Waals surface area contributed by atoms with Crippen molar-refractivity contribution in [1.29, 1.82) is 0 Å². The molecule has 1 saturated carbocycles. The van der Waals surface area contributed by atoms with Crippen LogP contribution in [0.15, 0.2) is 70.4 Å². The summed E-state index contributed by atoms with van der Waals surface area (Å²) in [5, 5.41) is 0. The summed E-state index contributed by atoms with van der Waals surface area (Å²) in [7, 11) is 0. The molecule has 0 aromatic carbocycles. The van der Waals surface area contributed by atoms with E-state index < -0.39 is 35.1 Å². The summed E-state index contributed by atoms with van der Waals surface area (Å²) < 4.78 is 64.3. The van der Waals surface area contributed by atoms with Crippen LogP contribution in [-0.4, -0.2) is 12.7 Å². The van der Waals surface area contributed by atoms with Gasteiger partial charge in [-0.05, 0) is 92.3 Å². The number of rotatable bonds is 8. The zero-order valence-corrected chi connectivity index (χ0v) is 21.3. The minimum atomic E-state index is -0.718. The van der Waals surface area contributed by atoms with E-state index in [4.69, 9.17) is 4.74 Å². The third kappa shape index (κ3) is 5.51. The SMILES string of the molecule is CCCC1CCC(C2=CCC(C3=CCC(CCC4=CCC(C5CO5)C(F)=C4F)C=C3)C(F)=C2F)CC1. The van der Waals surface area contributed by atoms with Crippen molar-refractivity contribution in [2.45, 2.75) is 83.7 Å². The first-order valence-corrected chi connectivity index (χ1v) is 14.0. The van der Waals surface area contributed by atoms with Crippen LogP contribution in [0.5, 0.6) is 0 Å². The van der Waals surface area contributed by atoms with Gasteiger partial charge in [-0.2, -0.15) is 0 Å². The van der Waals surface area contributed by atoms with E-state index >= 15 is 8.78 Å². The lowest BCUT2D eigenvalue weighted by Crippen LogP contribution is -2.20. The minimum Gasteiger partial charge on any atom is -0.372 e. The van der Waals surface area contributed by atoms with Crippen LogP contribution in [0, 0.1) is 29.6 Å². The number of hydrogen-bond acceptors (Lipinski definition) is 1. The molecule has 0 bridgehead atoms. The Balaban J connectivity index is 1.13. The monoisotopic (exact) mass is 502 g/mol. The fourth-order valence-electron chi connectivity index (χ4n) is 6.62. The van der Waals surface area contributed by atoms with E-state index in [2.05, 4.69) is 6.92 Å². The van der Waals surface area contributed by atoms with Gasteiger partial charge in [0.2, 0.25) is 0 Å². The Bertz CT molecular complexity index is 1020. The maximum atomic E-state index is 15.2. The predicted octanol–water partition coefficient (Wildman–Crippen LogP) is 9.47. The average Bonchev–Trinajstić information content (AvgIpc) is 3.73. The fourth-order valence-corrected chi connectivity index (χ4v) is 6.62. The summed E-state index contributed by atoms with van der Waals surface area (Å²) in [6.07, 6.45) is 18.9. The summed E-state index contributed by atoms with van der Waals surface area (Å²) in [5.41, 5.74) is 1.86. The van der Waals surface area contributed by atoms with Crippen molar-refractivity contribution >= 4 is 0 Å². The summed E-state index contributed by atoms with van der Waals surface area (Å²) in [4.78, 5) is 0. The van der Waals surface area contributed by atoms with E-state index in [1.165, 1.54) is 12.8 Å². The quantitative estimate of drug-likeness (QED) is 0.238. The van der Waals surface area contributed by atoms with Crippen LogP contribution in [0.2, 0.25) is 0 Å². The molecule has 5 heteroatoms. The van der Waals surface area contributed by atoms with Crippen LogP contribution in [0.4, 0.5) is 17.6 Å². The molecule has 0 N–H and O–H groups in total. The van der Waals surface area contributed by atoms with Crippen LogP contribution in [-0.2, 0) is 4.74 Å². The second kappa shape index (κ2) is 11.2. The Hall–Kier alpha value is -1.88. The molecule has 1 heterocycles. The Kier molecular flexibility index (Phi) is 8.05. The first-order valence-electron chi connectivity index (χ1n) is 14.0. The molecule has 5 aliphatic rings. The van der Waals surface area contributed by atoms with Gasteiger partial charge in [0.05, 0.1) is 12.7 Å². The third-order valence-corrected chi connectivity index (χ3v) is 8.97. The molecule has 0 amide bonds. The highest BCUT2D eigenvalue weighted by molar-refractivity contribution is 5.42. The Labute approximate surface area is 212 Å². The van der Waals surface area contributed by atoms with Crippen LogP contribution >= 0.6 is 0 Å². The Morgan fingerprint density at radius 1 is 0.861 bits per heavy atom. The molecular formula is C31H38F4O. The van der Waals surface area contributed by atoms with Crippen molar-refractivity contribution in [1.82, 2.24) is 0 Å². The number of allylic oxidation sites excluding steroid dienone is 11. The molecular weight excluding hydrogens is 464 g/mol. The highest BCUT2D eigenvalue weighted by Crippen LogP contribution is 2.45. The second-order valence-electron chi connectivity index (χ2n) is 11.3. The standard InChI is InChI=1S/C31H38F4O/c1-2-3-19-4-9-21(10-5-19)24-16-17-25(30(34)29(24)33)22-11-6-20(7-12-22)8-13-23-14-15-26(27-18-36-27)31(35)28(23)32/h6,11-12,14,16,19-21,25-27H,2-5,7-10,13,15,17-18H2,1H3. The van der Waals surface area contributed by atoms with Crippen molar-refractivity contribution in [3.63, 3.8) is 0 Å². The van der Waals surface area contributed by atoms with Gasteiger partial charge in [-0.1, -0.05) is 50.1 Å². The van der Waals surface area contributed by atoms with E-state index in [0.29, 0.717) is 49.9 Å². The van der Waals surface area contributed by atoms with Gasteiger partial charge in [0, 0.05) is 11.8 Å². The maximum absolute atomic E-state index is 15.2. The normalized spacial score (nSPS) is 35.0. The summed E-state index contributed by atoms with van der Waals surface area (Å²) >= 11 is 0. The average molecular weight is 503 g/mol. The molecule has 4 unspecified atom stereocenters. The Morgan fingerprint density at radius 2 is 1.64 bits per heavy atom. The second-order valence-corrected chi connectivity index (χ2v) is 11.3. The molecule has 5 rings (SSSR count). The van der Waals surface area contributed by atoms with Crippen molar-refractivity contribution in [3.8, 4) is 0 Å². The molecule has 0 spiro atoms. The van der Waals surface area contributed by atoms with E-state index in [0.717, 1.165) is 37.2 Å². The van der Waals surface area contributed by atoms with Gasteiger partial charge >= 0.3 is 0 Å². The van der Waals surface area contributed by atoms with Gasteiger partial charge in [-0.15, -0.1) is 0 Å². The highest BCUT2D eigenvalue weighted by atomic mass is 19.2. The maximum Gasteiger partial charge on any atom is 0.158 e. The van der Waals surface area contributed by atoms with Gasteiger partial charge in [0.1, 0.15) is 11.7 Å². The smallest absolute Gasteiger partial charge is 0.158 e. The first kappa shape index (κ1) is 25.8. The van der Waals surface area contributed by atoms with Gasteiger partial charge < -0.3 is 4.74 Å². The van der Waals surface area contributed by atoms with Gasteiger partial charge in [-0.3, -0.25) is 0 Å². The van der Waals surface area contributed by atoms with Gasteiger partial charge in [0.15, 0.2) is 11.7 Å². The lowest BCUT2D eigenvalue weighted by molar-refractivity contribution is 0.280. The molecule has 1 saturated heterocycles. The molecule has 0 aromatic rings. The van der Waals surface area contributed by atoms with E-state index in [9.17, 15) is 8.78 Å². The third-order valence-electron chi connectivity index (χ3n) is 8.97. The number of epoxide rings is 1. The largest absolute Gasteiger partial charge is 0.372 e. The van der Waals surface area contributed by atoms with Crippen LogP contribution in [0.1, 0.15) is 77.6 Å². The molecule has 36 heavy (non-hydrogen) atoms. The molecule has 1 aliphatic heterocycles. The van der Waals surface area contributed by atoms with Gasteiger partial charge in [0.25, 0.3) is 0 Å². The summed E-state index contributed by atoms with van der Waals surface area (Å²) in [6, 6.07) is 0. The predicted molar refractivity (Wildman–Crippen MR) is 136 cm³/mol. The summed E-state index contributed by atoms with van der Waals surface area (Å²) in [6.45, 7) is 2.71. The Morgan fingerprint density at radius 3 is 2.31 bits per heavy atom.